The Labute approximate surface area is 252 Å². The maximum atomic E-state index is 12.0. The second-order valence-corrected chi connectivity index (χ2v) is 10.5. The van der Waals surface area contributed by atoms with Crippen LogP contribution in [0.2, 0.25) is 0 Å². The van der Waals surface area contributed by atoms with E-state index in [4.69, 9.17) is 4.74 Å². The van der Waals surface area contributed by atoms with Crippen LogP contribution in [0.5, 0.6) is 5.88 Å². The lowest BCUT2D eigenvalue weighted by atomic mass is 9.79. The maximum absolute atomic E-state index is 12.0. The molecule has 8 heteroatoms. The Morgan fingerprint density at radius 2 is 1.21 bits per heavy atom. The summed E-state index contributed by atoms with van der Waals surface area (Å²) in [6.07, 6.45) is 1.32. The second-order valence-electron chi connectivity index (χ2n) is 10.5. The monoisotopic (exact) mass is 591 g/mol. The normalized spacial score (nSPS) is 15.9. The highest BCUT2D eigenvalue weighted by Crippen LogP contribution is 2.45. The van der Waals surface area contributed by atoms with Crippen LogP contribution in [0.3, 0.4) is 0 Å². The highest BCUT2D eigenvalue weighted by atomic mass is 19.4. The number of aromatic nitrogens is 2. The molecule has 1 aromatic heterocycles. The molecular weight excluding hydrogens is 551 g/mol. The Kier molecular flexibility index (Phi) is 10.9. The zero-order chi connectivity index (χ0) is 30.8. The van der Waals surface area contributed by atoms with E-state index in [0.717, 1.165) is 12.7 Å². The molecule has 2 saturated heterocycles. The third-order valence-electron chi connectivity index (χ3n) is 8.08. The van der Waals surface area contributed by atoms with Crippen LogP contribution < -0.4 is 4.74 Å². The van der Waals surface area contributed by atoms with E-state index in [1.807, 2.05) is 13.8 Å². The highest BCUT2D eigenvalue weighted by molar-refractivity contribution is 5.47. The van der Waals surface area contributed by atoms with Gasteiger partial charge in [0.25, 0.3) is 0 Å². The molecule has 0 saturated carbocycles. The molecule has 0 unspecified atom stereocenters. The Morgan fingerprint density at radius 1 is 0.744 bits per heavy atom. The molecular formula is C35H40F3N3O2. The molecule has 2 fully saturated rings. The topological polar surface area (TPSA) is 47.5 Å². The van der Waals surface area contributed by atoms with E-state index in [1.54, 1.807) is 0 Å². The standard InChI is InChI=1S/C27H29NO.C6H5F3N2O.C2H6/c1-4-12-23(13-5-1)27(24-14-6-2-7-15-24,25-16-8-3-9-17-25)29-22-26-18-10-20-28(26)21-11-19-26;1-12-5-2-4(3-10-11-5)6(7,8)9;1-2/h1-9,12-17H,10-11,18-22H2;2-3H,1H3;1-2H3. The molecule has 2 aliphatic rings. The van der Waals surface area contributed by atoms with Crippen molar-refractivity contribution in [2.45, 2.75) is 56.8 Å². The van der Waals surface area contributed by atoms with E-state index in [1.165, 1.54) is 62.6 Å². The number of nitrogens with zero attached hydrogens (tertiary/aromatic N) is 3. The van der Waals surface area contributed by atoms with E-state index in [0.29, 0.717) is 6.20 Å². The molecule has 43 heavy (non-hydrogen) atoms. The van der Waals surface area contributed by atoms with Crippen molar-refractivity contribution in [1.82, 2.24) is 15.1 Å². The van der Waals surface area contributed by atoms with Gasteiger partial charge in [-0.25, -0.2) is 0 Å². The smallest absolute Gasteiger partial charge is 0.418 e. The lowest BCUT2D eigenvalue weighted by Gasteiger charge is -2.40. The van der Waals surface area contributed by atoms with Gasteiger partial charge in [-0.15, -0.1) is 5.10 Å². The van der Waals surface area contributed by atoms with Gasteiger partial charge < -0.3 is 9.47 Å². The zero-order valence-corrected chi connectivity index (χ0v) is 25.1. The van der Waals surface area contributed by atoms with E-state index >= 15 is 0 Å². The summed E-state index contributed by atoms with van der Waals surface area (Å²) >= 11 is 0. The predicted octanol–water partition coefficient (Wildman–Crippen LogP) is 8.15. The van der Waals surface area contributed by atoms with Gasteiger partial charge in [0.15, 0.2) is 0 Å². The first kappa shape index (κ1) is 32.2. The summed E-state index contributed by atoms with van der Waals surface area (Å²) in [5.41, 5.74) is 2.32. The molecule has 4 aromatic rings. The number of benzene rings is 3. The minimum absolute atomic E-state index is 0.148. The van der Waals surface area contributed by atoms with Crippen molar-refractivity contribution in [3.8, 4) is 5.88 Å². The van der Waals surface area contributed by atoms with Gasteiger partial charge >= 0.3 is 6.18 Å². The van der Waals surface area contributed by atoms with Crippen LogP contribution in [0.4, 0.5) is 13.2 Å². The minimum Gasteiger partial charge on any atom is -0.480 e. The van der Waals surface area contributed by atoms with Gasteiger partial charge in [-0.05, 0) is 55.5 Å². The largest absolute Gasteiger partial charge is 0.480 e. The first-order valence-electron chi connectivity index (χ1n) is 14.9. The average Bonchev–Trinajstić information content (AvgIpc) is 3.65. The van der Waals surface area contributed by atoms with Crippen LogP contribution in [-0.4, -0.2) is 47.4 Å². The fourth-order valence-corrected chi connectivity index (χ4v) is 6.07. The summed E-state index contributed by atoms with van der Waals surface area (Å²) in [6.45, 7) is 7.21. The zero-order valence-electron chi connectivity index (χ0n) is 25.1. The van der Waals surface area contributed by atoms with Crippen molar-refractivity contribution in [1.29, 1.82) is 0 Å². The number of ether oxygens (including phenoxy) is 2. The number of fused-ring (bicyclic) bond motifs is 1. The third-order valence-corrected chi connectivity index (χ3v) is 8.08. The van der Waals surface area contributed by atoms with Crippen LogP contribution in [-0.2, 0) is 16.5 Å². The molecule has 228 valence electrons. The van der Waals surface area contributed by atoms with E-state index in [2.05, 4.69) is 111 Å². The van der Waals surface area contributed by atoms with E-state index < -0.39 is 17.3 Å². The lowest BCUT2D eigenvalue weighted by molar-refractivity contribution is -0.138. The number of halogens is 3. The van der Waals surface area contributed by atoms with Crippen molar-refractivity contribution >= 4 is 0 Å². The van der Waals surface area contributed by atoms with Crippen molar-refractivity contribution in [2.75, 3.05) is 26.8 Å². The summed E-state index contributed by atoms with van der Waals surface area (Å²) < 4.78 is 47.6. The molecule has 0 radical (unpaired) electrons. The van der Waals surface area contributed by atoms with Crippen LogP contribution in [0.1, 0.15) is 61.8 Å². The van der Waals surface area contributed by atoms with Crippen molar-refractivity contribution < 1.29 is 22.6 Å². The van der Waals surface area contributed by atoms with Crippen molar-refractivity contribution in [3.05, 3.63) is 126 Å². The fourth-order valence-electron chi connectivity index (χ4n) is 6.07. The molecule has 0 N–H and O–H groups in total. The summed E-state index contributed by atoms with van der Waals surface area (Å²) in [4.78, 5) is 2.68. The summed E-state index contributed by atoms with van der Waals surface area (Å²) in [5.74, 6) is -0.148. The first-order chi connectivity index (χ1) is 20.9. The molecule has 5 nitrogen and oxygen atoms in total. The molecule has 0 bridgehead atoms. The maximum Gasteiger partial charge on any atom is 0.418 e. The first-order valence-corrected chi connectivity index (χ1v) is 14.9. The summed E-state index contributed by atoms with van der Waals surface area (Å²) in [5, 5.41) is 6.43. The Balaban J connectivity index is 0.000000255. The number of methoxy groups -OCH3 is 1. The molecule has 2 aliphatic heterocycles. The molecule has 3 heterocycles. The fraction of sp³-hybridized carbons (Fsp3) is 0.371. The van der Waals surface area contributed by atoms with Crippen LogP contribution in [0, 0.1) is 0 Å². The van der Waals surface area contributed by atoms with Crippen LogP contribution in [0.15, 0.2) is 103 Å². The van der Waals surface area contributed by atoms with Gasteiger partial charge in [0.1, 0.15) is 5.60 Å². The van der Waals surface area contributed by atoms with Gasteiger partial charge in [0.05, 0.1) is 25.5 Å². The average molecular weight is 592 g/mol. The molecule has 0 aliphatic carbocycles. The molecule has 6 rings (SSSR count). The van der Waals surface area contributed by atoms with E-state index in [-0.39, 0.29) is 11.4 Å². The minimum atomic E-state index is -4.40. The molecule has 0 atom stereocenters. The van der Waals surface area contributed by atoms with Crippen molar-refractivity contribution in [2.24, 2.45) is 0 Å². The van der Waals surface area contributed by atoms with Gasteiger partial charge in [-0.3, -0.25) is 4.90 Å². The SMILES string of the molecule is CC.COc1cc(C(F)(F)F)cnn1.c1ccc(C(OCC23CCCN2CCC3)(c2ccccc2)c2ccccc2)cc1. The molecule has 3 aromatic carbocycles. The van der Waals surface area contributed by atoms with Crippen LogP contribution in [0.25, 0.3) is 0 Å². The lowest BCUT2D eigenvalue weighted by Crippen LogP contribution is -2.46. The number of hydrogen-bond donors (Lipinski definition) is 0. The summed E-state index contributed by atoms with van der Waals surface area (Å²) in [7, 11) is 1.23. The van der Waals surface area contributed by atoms with Crippen molar-refractivity contribution in [3.63, 3.8) is 0 Å². The highest BCUT2D eigenvalue weighted by Gasteiger charge is 2.47. The molecule has 0 spiro atoms. The predicted molar refractivity (Wildman–Crippen MR) is 163 cm³/mol. The Morgan fingerprint density at radius 3 is 1.63 bits per heavy atom. The second kappa shape index (κ2) is 14.6. The third kappa shape index (κ3) is 7.25. The number of alkyl halides is 3. The van der Waals surface area contributed by atoms with Crippen LogP contribution >= 0.6 is 0 Å². The Bertz CT molecular complexity index is 1280. The van der Waals surface area contributed by atoms with Gasteiger partial charge in [-0.2, -0.15) is 18.3 Å². The van der Waals surface area contributed by atoms with E-state index in [9.17, 15) is 13.2 Å². The number of hydrogen-bond acceptors (Lipinski definition) is 5. The van der Waals surface area contributed by atoms with Gasteiger partial charge in [0, 0.05) is 11.6 Å². The van der Waals surface area contributed by atoms with Gasteiger partial charge in [0.2, 0.25) is 5.88 Å². The Hall–Kier alpha value is -3.75. The summed E-state index contributed by atoms with van der Waals surface area (Å²) in [6, 6.07) is 33.0. The molecule has 0 amide bonds. The quantitative estimate of drug-likeness (QED) is 0.203. The number of rotatable bonds is 7. The van der Waals surface area contributed by atoms with Gasteiger partial charge in [-0.1, -0.05) is 105 Å².